The molecule has 0 aliphatic rings. The summed E-state index contributed by atoms with van der Waals surface area (Å²) in [7, 11) is 0. The fraction of sp³-hybridized carbons (Fsp3) is 0. The standard InChI is InChI=1S/C33H18N12/c1-3-7-25-19(5-1)21-9-11-23-24-12-10-22-20-6-2-4-8-26(20)44(32-39-15-35-16-40-32)28(22)30(24)45(33-41-17-36-18-42-33)29(23)27(21)43(25)31-37-13-34-14-38-31/h1-18H. The quantitative estimate of drug-likeness (QED) is 0.264. The first kappa shape index (κ1) is 23.8. The van der Waals surface area contributed by atoms with E-state index >= 15 is 0 Å². The summed E-state index contributed by atoms with van der Waals surface area (Å²) in [6, 6.07) is 25.2. The van der Waals surface area contributed by atoms with Crippen molar-refractivity contribution in [3.63, 3.8) is 0 Å². The van der Waals surface area contributed by atoms with E-state index in [2.05, 4.69) is 107 Å². The van der Waals surface area contributed by atoms with E-state index in [1.165, 1.54) is 38.0 Å². The lowest BCUT2D eigenvalue weighted by Gasteiger charge is -2.11. The fourth-order valence-corrected chi connectivity index (χ4v) is 6.74. The normalized spacial score (nSPS) is 12.0. The molecule has 0 saturated carbocycles. The van der Waals surface area contributed by atoms with Gasteiger partial charge in [-0.05, 0) is 12.1 Å². The highest BCUT2D eigenvalue weighted by Gasteiger charge is 2.26. The van der Waals surface area contributed by atoms with Crippen LogP contribution in [0.3, 0.4) is 0 Å². The summed E-state index contributed by atoms with van der Waals surface area (Å²) in [5.74, 6) is 1.51. The largest absolute Gasteiger partial charge is 0.276 e. The number of nitrogens with zero attached hydrogens (tertiary/aromatic N) is 12. The van der Waals surface area contributed by atoms with E-state index in [0.29, 0.717) is 17.8 Å². The van der Waals surface area contributed by atoms with Crippen LogP contribution in [-0.4, -0.2) is 58.6 Å². The summed E-state index contributed by atoms with van der Waals surface area (Å²) in [5, 5.41) is 6.28. The average Bonchev–Trinajstić information content (AvgIpc) is 3.75. The minimum absolute atomic E-state index is 0.477. The number of fused-ring (bicyclic) bond motifs is 11. The maximum Gasteiger partial charge on any atom is 0.237 e. The summed E-state index contributed by atoms with van der Waals surface area (Å²) in [4.78, 5) is 40.0. The molecule has 0 radical (unpaired) electrons. The van der Waals surface area contributed by atoms with Gasteiger partial charge in [0.2, 0.25) is 17.8 Å². The van der Waals surface area contributed by atoms with Crippen LogP contribution in [0.15, 0.2) is 111 Å². The van der Waals surface area contributed by atoms with Gasteiger partial charge in [0.15, 0.2) is 0 Å². The average molecular weight is 583 g/mol. The molecule has 6 aromatic heterocycles. The van der Waals surface area contributed by atoms with Gasteiger partial charge in [0.1, 0.15) is 38.0 Å². The first-order valence-electron chi connectivity index (χ1n) is 14.2. The van der Waals surface area contributed by atoms with Crippen LogP contribution >= 0.6 is 0 Å². The molecule has 45 heavy (non-hydrogen) atoms. The van der Waals surface area contributed by atoms with E-state index < -0.39 is 0 Å². The highest BCUT2D eigenvalue weighted by molar-refractivity contribution is 6.28. The van der Waals surface area contributed by atoms with Crippen molar-refractivity contribution in [1.82, 2.24) is 58.6 Å². The topological polar surface area (TPSA) is 131 Å². The molecule has 0 fully saturated rings. The highest BCUT2D eigenvalue weighted by atomic mass is 15.2. The smallest absolute Gasteiger partial charge is 0.237 e. The maximum atomic E-state index is 4.69. The Bertz CT molecular complexity index is 2580. The summed E-state index contributed by atoms with van der Waals surface area (Å²) < 4.78 is 6.29. The van der Waals surface area contributed by atoms with Gasteiger partial charge in [-0.2, -0.15) is 0 Å². The van der Waals surface area contributed by atoms with Gasteiger partial charge in [0.25, 0.3) is 0 Å². The third-order valence-corrected chi connectivity index (χ3v) is 8.40. The van der Waals surface area contributed by atoms with E-state index in [9.17, 15) is 0 Å². The third-order valence-electron chi connectivity index (χ3n) is 8.40. The summed E-state index contributed by atoms with van der Waals surface area (Å²) in [6.07, 6.45) is 9.10. The van der Waals surface area contributed by atoms with E-state index in [1.807, 2.05) is 24.3 Å². The Labute approximate surface area is 252 Å². The van der Waals surface area contributed by atoms with E-state index in [1.54, 1.807) is 0 Å². The minimum atomic E-state index is 0.477. The second kappa shape index (κ2) is 8.91. The predicted molar refractivity (Wildman–Crippen MR) is 170 cm³/mol. The van der Waals surface area contributed by atoms with Crippen molar-refractivity contribution >= 4 is 65.4 Å². The van der Waals surface area contributed by atoms with Crippen molar-refractivity contribution in [2.24, 2.45) is 0 Å². The number of para-hydroxylation sites is 2. The molecular formula is C33H18N12. The molecule has 0 saturated heterocycles. The minimum Gasteiger partial charge on any atom is -0.276 e. The van der Waals surface area contributed by atoms with Crippen LogP contribution in [0, 0.1) is 0 Å². The van der Waals surface area contributed by atoms with Crippen molar-refractivity contribution in [3.8, 4) is 17.8 Å². The molecule has 210 valence electrons. The van der Waals surface area contributed by atoms with Crippen molar-refractivity contribution in [2.75, 3.05) is 0 Å². The van der Waals surface area contributed by atoms with Gasteiger partial charge in [-0.1, -0.05) is 60.7 Å². The number of hydrogen-bond donors (Lipinski definition) is 0. The van der Waals surface area contributed by atoms with Crippen LogP contribution in [0.4, 0.5) is 0 Å². The van der Waals surface area contributed by atoms with E-state index in [0.717, 1.165) is 65.4 Å². The van der Waals surface area contributed by atoms with Gasteiger partial charge < -0.3 is 0 Å². The lowest BCUT2D eigenvalue weighted by Crippen LogP contribution is -2.06. The second-order valence-electron chi connectivity index (χ2n) is 10.6. The molecule has 0 aliphatic heterocycles. The zero-order valence-corrected chi connectivity index (χ0v) is 23.3. The van der Waals surface area contributed by atoms with Crippen LogP contribution in [0.2, 0.25) is 0 Å². The summed E-state index contributed by atoms with van der Waals surface area (Å²) >= 11 is 0. The SMILES string of the molecule is c1ccc2c(c1)c1ccc3c4ccc5c6ccccc6n(-c6ncncn6)c5c4n(-c4ncncn4)c3c1n2-c1ncncn1. The molecule has 0 amide bonds. The maximum absolute atomic E-state index is 4.69. The van der Waals surface area contributed by atoms with Crippen molar-refractivity contribution in [3.05, 3.63) is 111 Å². The van der Waals surface area contributed by atoms with Gasteiger partial charge in [-0.3, -0.25) is 13.7 Å². The molecule has 0 N–H and O–H groups in total. The molecule has 12 nitrogen and oxygen atoms in total. The third kappa shape index (κ3) is 3.16. The Hall–Kier alpha value is -6.69. The zero-order chi connectivity index (χ0) is 29.5. The Kier molecular flexibility index (Phi) is 4.72. The zero-order valence-electron chi connectivity index (χ0n) is 23.3. The van der Waals surface area contributed by atoms with Gasteiger partial charge in [-0.25, -0.2) is 44.9 Å². The summed E-state index contributed by atoms with van der Waals surface area (Å²) in [5.41, 5.74) is 5.61. The van der Waals surface area contributed by atoms with Gasteiger partial charge >= 0.3 is 0 Å². The molecular weight excluding hydrogens is 564 g/mol. The molecule has 12 heteroatoms. The van der Waals surface area contributed by atoms with E-state index in [4.69, 9.17) is 0 Å². The molecule has 0 unspecified atom stereocenters. The molecule has 0 spiro atoms. The van der Waals surface area contributed by atoms with Crippen LogP contribution in [0.25, 0.3) is 83.3 Å². The van der Waals surface area contributed by atoms with Gasteiger partial charge in [0, 0.05) is 32.3 Å². The van der Waals surface area contributed by atoms with E-state index in [-0.39, 0.29) is 0 Å². The fourth-order valence-electron chi connectivity index (χ4n) is 6.74. The lowest BCUT2D eigenvalue weighted by atomic mass is 10.1. The van der Waals surface area contributed by atoms with Crippen molar-refractivity contribution in [2.45, 2.75) is 0 Å². The van der Waals surface area contributed by atoms with Gasteiger partial charge in [-0.15, -0.1) is 0 Å². The molecule has 0 bridgehead atoms. The van der Waals surface area contributed by atoms with Crippen LogP contribution in [0.1, 0.15) is 0 Å². The van der Waals surface area contributed by atoms with Crippen LogP contribution in [0.5, 0.6) is 0 Å². The monoisotopic (exact) mass is 582 g/mol. The first-order chi connectivity index (χ1) is 22.4. The predicted octanol–water partition coefficient (Wildman–Crippen LogP) is 5.53. The molecule has 4 aromatic carbocycles. The number of benzene rings is 4. The Morgan fingerprint density at radius 1 is 0.311 bits per heavy atom. The molecule has 10 rings (SSSR count). The molecule has 0 aliphatic carbocycles. The molecule has 6 heterocycles. The molecule has 0 atom stereocenters. The summed E-state index contributed by atoms with van der Waals surface area (Å²) in [6.45, 7) is 0. The second-order valence-corrected chi connectivity index (χ2v) is 10.6. The first-order valence-corrected chi connectivity index (χ1v) is 14.2. The van der Waals surface area contributed by atoms with Crippen LogP contribution in [-0.2, 0) is 0 Å². The van der Waals surface area contributed by atoms with Crippen molar-refractivity contribution in [1.29, 1.82) is 0 Å². The number of aromatic nitrogens is 12. The van der Waals surface area contributed by atoms with Crippen LogP contribution < -0.4 is 0 Å². The lowest BCUT2D eigenvalue weighted by molar-refractivity contribution is 0.923. The van der Waals surface area contributed by atoms with Gasteiger partial charge in [0.05, 0.1) is 33.1 Å². The molecule has 10 aromatic rings. The Morgan fingerprint density at radius 2 is 0.622 bits per heavy atom. The Morgan fingerprint density at radius 3 is 1.02 bits per heavy atom. The number of hydrogen-bond acceptors (Lipinski definition) is 9. The number of rotatable bonds is 3. The Balaban J connectivity index is 1.53. The highest BCUT2D eigenvalue weighted by Crippen LogP contribution is 2.44. The van der Waals surface area contributed by atoms with Crippen molar-refractivity contribution < 1.29 is 0 Å².